The van der Waals surface area contributed by atoms with Crippen molar-refractivity contribution in [3.8, 4) is 0 Å². The van der Waals surface area contributed by atoms with Gasteiger partial charge in [0.1, 0.15) is 25.9 Å². The van der Waals surface area contributed by atoms with Gasteiger partial charge in [0.2, 0.25) is 0 Å². The van der Waals surface area contributed by atoms with Crippen LogP contribution < -0.4 is 41.8 Å². The van der Waals surface area contributed by atoms with Crippen molar-refractivity contribution in [2.45, 2.75) is 192 Å². The van der Waals surface area contributed by atoms with Crippen LogP contribution in [-0.2, 0) is 31.8 Å². The van der Waals surface area contributed by atoms with E-state index in [9.17, 15) is 28.7 Å². The normalized spacial score (nSPS) is 17.8. The topological polar surface area (TPSA) is 121 Å². The number of aryl methyl sites for hydroxylation is 2. The SMILES string of the molecule is CC(C)(O)c1ccc(C2CCN(c3ccn(CC4CC4)c(=O)c3Cl)CC2)cc1.CCCCCn1ccc(N2CCC(c3ccccc3)CC2)c(Cl)c1=O.O=c1c(Cl)c(N2CCC(c3ccccc3)CC2)ccn1CCC1CC1.O=c1c(Cl)c(N2CCC(c3ccccc3F)CC2)ccn1CC1CC1. The second kappa shape index (κ2) is 35.3. The molecule has 0 atom stereocenters. The number of aromatic nitrogens is 4. The van der Waals surface area contributed by atoms with E-state index in [1.54, 1.807) is 24.3 Å². The first-order valence-electron chi connectivity index (χ1n) is 38.1. The molecule has 4 saturated heterocycles. The number of anilines is 4. The zero-order valence-electron chi connectivity index (χ0n) is 60.3. The Morgan fingerprint density at radius 3 is 1.08 bits per heavy atom. The van der Waals surface area contributed by atoms with Gasteiger partial charge in [-0.1, -0.05) is 182 Å². The van der Waals surface area contributed by atoms with Gasteiger partial charge in [-0.3, -0.25) is 19.2 Å². The zero-order chi connectivity index (χ0) is 72.2. The monoisotopic (exact) mass is 1470 g/mol. The molecule has 3 saturated carbocycles. The lowest BCUT2D eigenvalue weighted by Crippen LogP contribution is -2.35. The largest absolute Gasteiger partial charge is 0.386 e. The van der Waals surface area contributed by atoms with Gasteiger partial charge < -0.3 is 43.0 Å². The summed E-state index contributed by atoms with van der Waals surface area (Å²) < 4.78 is 21.0. The Bertz CT molecular complexity index is 4330. The number of nitrogens with zero attached hydrogens (tertiary/aromatic N) is 8. The first-order chi connectivity index (χ1) is 49.9. The molecule has 4 aromatic heterocycles. The third-order valence-corrected chi connectivity index (χ3v) is 23.9. The van der Waals surface area contributed by atoms with Crippen LogP contribution >= 0.6 is 46.4 Å². The fraction of sp³-hybridized carbons (Fsp3) is 0.482. The maximum Gasteiger partial charge on any atom is 0.271 e. The Balaban J connectivity index is 0.000000130. The van der Waals surface area contributed by atoms with Crippen LogP contribution in [-0.4, -0.2) is 75.7 Å². The van der Waals surface area contributed by atoms with E-state index in [-0.39, 0.29) is 34.0 Å². The molecule has 0 radical (unpaired) electrons. The van der Waals surface area contributed by atoms with Gasteiger partial charge in [0.25, 0.3) is 22.2 Å². The highest BCUT2D eigenvalue weighted by molar-refractivity contribution is 6.34. The van der Waals surface area contributed by atoms with Crippen LogP contribution in [0.2, 0.25) is 20.1 Å². The van der Waals surface area contributed by atoms with E-state index in [4.69, 9.17) is 46.4 Å². The molecule has 0 bridgehead atoms. The minimum Gasteiger partial charge on any atom is -0.386 e. The highest BCUT2D eigenvalue weighted by atomic mass is 35.5. The smallest absolute Gasteiger partial charge is 0.271 e. The predicted octanol–water partition coefficient (Wildman–Crippen LogP) is 18.7. The third kappa shape index (κ3) is 19.9. The Morgan fingerprint density at radius 2 is 0.718 bits per heavy atom. The minimum atomic E-state index is -0.807. The molecule has 4 aliphatic heterocycles. The van der Waals surface area contributed by atoms with Crippen molar-refractivity contribution in [1.29, 1.82) is 0 Å². The van der Waals surface area contributed by atoms with Crippen LogP contribution in [0.1, 0.15) is 188 Å². The summed E-state index contributed by atoms with van der Waals surface area (Å²) in [5.41, 5.74) is 8.31. The van der Waals surface area contributed by atoms with Crippen molar-refractivity contribution in [3.05, 3.63) is 253 Å². The lowest BCUT2D eigenvalue weighted by Gasteiger charge is -2.34. The Labute approximate surface area is 627 Å². The number of hydrogen-bond acceptors (Lipinski definition) is 9. The Morgan fingerprint density at radius 1 is 0.388 bits per heavy atom. The van der Waals surface area contributed by atoms with E-state index in [1.807, 2.05) is 87.2 Å². The second-order valence-corrected chi connectivity index (χ2v) is 31.9. The van der Waals surface area contributed by atoms with Gasteiger partial charge in [-0.2, -0.15) is 0 Å². The molecule has 3 aliphatic carbocycles. The van der Waals surface area contributed by atoms with E-state index in [0.717, 1.165) is 195 Å². The maximum absolute atomic E-state index is 14.0. The molecule has 4 aromatic carbocycles. The molecule has 7 aliphatic rings. The molecular formula is C85H103Cl4FN8O5. The van der Waals surface area contributed by atoms with E-state index >= 15 is 0 Å². The van der Waals surface area contributed by atoms with Crippen molar-refractivity contribution < 1.29 is 9.50 Å². The molecule has 15 rings (SSSR count). The minimum absolute atomic E-state index is 0.0370. The fourth-order valence-corrected chi connectivity index (χ4v) is 16.6. The number of piperidine rings is 4. The summed E-state index contributed by atoms with van der Waals surface area (Å²) in [5, 5.41) is 11.6. The number of benzene rings is 4. The van der Waals surface area contributed by atoms with Crippen molar-refractivity contribution >= 4 is 69.2 Å². The van der Waals surface area contributed by atoms with Crippen LogP contribution in [0.5, 0.6) is 0 Å². The number of hydrogen-bond donors (Lipinski definition) is 1. The Hall–Kier alpha value is -7.07. The highest BCUT2D eigenvalue weighted by Crippen LogP contribution is 2.40. The van der Waals surface area contributed by atoms with E-state index in [1.165, 1.54) is 61.3 Å². The van der Waals surface area contributed by atoms with Crippen LogP contribution in [0.15, 0.2) is 177 Å². The van der Waals surface area contributed by atoms with Crippen molar-refractivity contribution in [2.24, 2.45) is 17.8 Å². The number of rotatable bonds is 20. The molecule has 548 valence electrons. The molecule has 7 fully saturated rings. The molecular weight excluding hydrogens is 1370 g/mol. The van der Waals surface area contributed by atoms with Gasteiger partial charge in [0, 0.05) is 103 Å². The molecule has 1 N–H and O–H groups in total. The number of aliphatic hydroxyl groups is 1. The van der Waals surface area contributed by atoms with Crippen molar-refractivity contribution in [2.75, 3.05) is 72.0 Å². The van der Waals surface area contributed by atoms with Gasteiger partial charge in [-0.15, -0.1) is 0 Å². The molecule has 18 heteroatoms. The Kier molecular flexibility index (Phi) is 25.9. The number of pyridine rings is 4. The summed E-state index contributed by atoms with van der Waals surface area (Å²) in [6, 6.07) is 44.8. The number of unbranched alkanes of at least 4 members (excludes halogenated alkanes) is 2. The summed E-state index contributed by atoms with van der Waals surface area (Å²) in [5.74, 6) is 3.92. The number of halogens is 5. The first kappa shape index (κ1) is 75.6. The van der Waals surface area contributed by atoms with Crippen LogP contribution in [0.3, 0.4) is 0 Å². The van der Waals surface area contributed by atoms with E-state index < -0.39 is 5.60 Å². The van der Waals surface area contributed by atoms with Gasteiger partial charge in [-0.05, 0) is 203 Å². The van der Waals surface area contributed by atoms with Crippen molar-refractivity contribution in [3.63, 3.8) is 0 Å². The van der Waals surface area contributed by atoms with Gasteiger partial charge in [0.15, 0.2) is 0 Å². The summed E-state index contributed by atoms with van der Waals surface area (Å²) in [6.07, 6.45) is 27.7. The predicted molar refractivity (Wildman–Crippen MR) is 423 cm³/mol. The van der Waals surface area contributed by atoms with E-state index in [2.05, 4.69) is 99.3 Å². The summed E-state index contributed by atoms with van der Waals surface area (Å²) in [7, 11) is 0. The molecule has 0 spiro atoms. The average Bonchev–Trinajstić information content (AvgIpc) is 1.51. The second-order valence-electron chi connectivity index (χ2n) is 30.4. The zero-order valence-corrected chi connectivity index (χ0v) is 63.3. The summed E-state index contributed by atoms with van der Waals surface area (Å²) in [6.45, 7) is 16.0. The highest BCUT2D eigenvalue weighted by Gasteiger charge is 2.31. The summed E-state index contributed by atoms with van der Waals surface area (Å²) in [4.78, 5) is 59.1. The van der Waals surface area contributed by atoms with Crippen LogP contribution in [0.25, 0.3) is 0 Å². The van der Waals surface area contributed by atoms with E-state index in [0.29, 0.717) is 49.7 Å². The fourth-order valence-electron chi connectivity index (χ4n) is 15.4. The summed E-state index contributed by atoms with van der Waals surface area (Å²) >= 11 is 25.7. The molecule has 13 nitrogen and oxygen atoms in total. The van der Waals surface area contributed by atoms with Crippen LogP contribution in [0.4, 0.5) is 27.1 Å². The molecule has 0 unspecified atom stereocenters. The van der Waals surface area contributed by atoms with Crippen LogP contribution in [0, 0.1) is 23.6 Å². The lowest BCUT2D eigenvalue weighted by atomic mass is 9.87. The van der Waals surface area contributed by atoms with Gasteiger partial charge in [-0.25, -0.2) is 4.39 Å². The lowest BCUT2D eigenvalue weighted by molar-refractivity contribution is 0.0785. The molecule has 8 heterocycles. The third-order valence-electron chi connectivity index (χ3n) is 22.4. The molecule has 0 amide bonds. The average molecular weight is 1480 g/mol. The maximum atomic E-state index is 14.0. The standard InChI is InChI=1S/C23H29ClN2O2.C21H25ClN2O.C21H27ClN2O.C20H22ClFN2O/c1-23(2,28)19-7-5-17(6-8-19)18-9-12-25(13-10-18)20-11-14-26(15-16-3-4-16)22(27)21(20)24;22-20-19(11-15-24(21(20)25)12-8-16-6-7-16)23-13-9-18(10-14-23)17-4-2-1-3-5-17;1-2-3-7-13-24-16-12-19(20(22)21(24)25)23-14-10-18(11-15-23)17-8-5-4-6-9-17;21-19-18(9-12-24(20(19)25)13-14-5-6-14)23-10-7-15(8-11-23)16-3-1-2-4-17(16)22/h5-8,11,14,16,18,28H,3-4,9-10,12-13,15H2,1-2H3;1-5,11,15-16,18H,6-10,12-14H2;4-6,8-9,12,16,18H,2-3,7,10-11,13-15H2,1H3;1-4,9,12,14-15H,5-8,10-11,13H2. The van der Waals surface area contributed by atoms with Gasteiger partial charge in [0.05, 0.1) is 28.4 Å². The quantitative estimate of drug-likeness (QED) is 0.0744. The first-order valence-corrected chi connectivity index (χ1v) is 39.6. The molecule has 103 heavy (non-hydrogen) atoms. The van der Waals surface area contributed by atoms with Crippen molar-refractivity contribution in [1.82, 2.24) is 18.3 Å². The van der Waals surface area contributed by atoms with Gasteiger partial charge >= 0.3 is 0 Å². The molecule has 8 aromatic rings.